The van der Waals surface area contributed by atoms with E-state index in [4.69, 9.17) is 9.72 Å². The van der Waals surface area contributed by atoms with Gasteiger partial charge in [-0.15, -0.1) is 11.3 Å². The fourth-order valence-corrected chi connectivity index (χ4v) is 4.41. The number of carbonyl (C=O) groups excluding carboxylic acids is 1. The Labute approximate surface area is 174 Å². The van der Waals surface area contributed by atoms with E-state index in [1.54, 1.807) is 0 Å². The molecule has 4 nitrogen and oxygen atoms in total. The van der Waals surface area contributed by atoms with E-state index in [1.807, 2.05) is 42.2 Å². The number of carbonyl (C=O) groups is 1. The summed E-state index contributed by atoms with van der Waals surface area (Å²) in [4.78, 5) is 21.6. The molecular formula is C24H24N2O2S. The maximum Gasteiger partial charge on any atom is 0.268 e. The Kier molecular flexibility index (Phi) is 5.49. The van der Waals surface area contributed by atoms with Gasteiger partial charge in [0, 0.05) is 23.0 Å². The molecule has 0 unspecified atom stereocenters. The van der Waals surface area contributed by atoms with Gasteiger partial charge in [-0.3, -0.25) is 4.79 Å². The number of hydrogen-bond acceptors (Lipinski definition) is 4. The van der Waals surface area contributed by atoms with E-state index in [0.717, 1.165) is 39.0 Å². The van der Waals surface area contributed by atoms with Crippen molar-refractivity contribution in [3.63, 3.8) is 0 Å². The van der Waals surface area contributed by atoms with Crippen molar-refractivity contribution < 1.29 is 9.53 Å². The molecule has 29 heavy (non-hydrogen) atoms. The number of nitrogens with zero attached hydrogens (tertiary/aromatic N) is 2. The lowest BCUT2D eigenvalue weighted by Crippen LogP contribution is -2.31. The second-order valence-electron chi connectivity index (χ2n) is 7.07. The quantitative estimate of drug-likeness (QED) is 0.383. The number of aromatic nitrogens is 1. The third-order valence-corrected chi connectivity index (χ3v) is 5.85. The van der Waals surface area contributed by atoms with Crippen LogP contribution in [-0.4, -0.2) is 24.0 Å². The molecule has 1 amide bonds. The number of thiophene rings is 1. The molecule has 2 aromatic carbocycles. The van der Waals surface area contributed by atoms with Crippen LogP contribution in [0.2, 0.25) is 0 Å². The normalized spacial score (nSPS) is 11.1. The number of hydrogen-bond donors (Lipinski definition) is 0. The summed E-state index contributed by atoms with van der Waals surface area (Å²) in [5.41, 5.74) is 3.03. The zero-order valence-corrected chi connectivity index (χ0v) is 17.8. The molecule has 4 aromatic rings. The predicted octanol–water partition coefficient (Wildman–Crippen LogP) is 6.21. The summed E-state index contributed by atoms with van der Waals surface area (Å²) in [7, 11) is 0. The summed E-state index contributed by atoms with van der Waals surface area (Å²) in [5, 5.41) is 2.11. The van der Waals surface area contributed by atoms with Crippen LogP contribution < -0.4 is 9.64 Å². The van der Waals surface area contributed by atoms with Crippen LogP contribution in [0.15, 0.2) is 54.6 Å². The van der Waals surface area contributed by atoms with Gasteiger partial charge in [0.1, 0.15) is 10.6 Å². The number of aryl methyl sites for hydroxylation is 1. The van der Waals surface area contributed by atoms with E-state index in [2.05, 4.69) is 38.1 Å². The molecule has 0 bridgehead atoms. The van der Waals surface area contributed by atoms with E-state index in [-0.39, 0.29) is 5.91 Å². The van der Waals surface area contributed by atoms with Crippen LogP contribution in [0.4, 0.5) is 5.69 Å². The van der Waals surface area contributed by atoms with Crippen molar-refractivity contribution in [2.24, 2.45) is 0 Å². The van der Waals surface area contributed by atoms with E-state index >= 15 is 0 Å². The number of amides is 1. The molecule has 0 aliphatic carbocycles. The average Bonchev–Trinajstić information content (AvgIpc) is 3.13. The minimum Gasteiger partial charge on any atom is -0.494 e. The molecule has 0 fully saturated rings. The monoisotopic (exact) mass is 404 g/mol. The molecule has 4 rings (SSSR count). The highest BCUT2D eigenvalue weighted by atomic mass is 32.1. The number of benzene rings is 2. The number of ether oxygens (including phenoxy) is 1. The van der Waals surface area contributed by atoms with Crippen LogP contribution in [0.1, 0.15) is 35.5 Å². The van der Waals surface area contributed by atoms with Crippen LogP contribution >= 0.6 is 11.3 Å². The van der Waals surface area contributed by atoms with E-state index < -0.39 is 0 Å². The molecule has 0 spiro atoms. The van der Waals surface area contributed by atoms with Crippen LogP contribution in [0.25, 0.3) is 21.1 Å². The van der Waals surface area contributed by atoms with Crippen molar-refractivity contribution in [1.29, 1.82) is 0 Å². The predicted molar refractivity (Wildman–Crippen MR) is 121 cm³/mol. The van der Waals surface area contributed by atoms with Crippen LogP contribution in [-0.2, 0) is 0 Å². The number of pyridine rings is 1. The zero-order valence-electron chi connectivity index (χ0n) is 16.9. The van der Waals surface area contributed by atoms with Gasteiger partial charge in [0.15, 0.2) is 0 Å². The Morgan fingerprint density at radius 1 is 1.03 bits per heavy atom. The third-order valence-electron chi connectivity index (χ3n) is 4.82. The number of rotatable bonds is 6. The molecule has 0 aliphatic rings. The van der Waals surface area contributed by atoms with E-state index in [9.17, 15) is 4.79 Å². The topological polar surface area (TPSA) is 42.4 Å². The van der Waals surface area contributed by atoms with Crippen LogP contribution in [0, 0.1) is 6.92 Å². The molecule has 0 aliphatic heterocycles. The second kappa shape index (κ2) is 8.21. The largest absolute Gasteiger partial charge is 0.494 e. The van der Waals surface area contributed by atoms with Crippen molar-refractivity contribution in [2.45, 2.75) is 27.2 Å². The molecular weight excluding hydrogens is 380 g/mol. The molecule has 0 saturated carbocycles. The standard InChI is InChI=1S/C24H24N2O2S/c1-4-12-26(19-8-10-20(11-9-19)28-5-2)24(27)22-15-18-14-17-7-6-16(3)13-21(17)25-23(18)29-22/h6-11,13-15H,4-5,12H2,1-3H3. The SMILES string of the molecule is CCCN(C(=O)c1cc2cc3ccc(C)cc3nc2s1)c1ccc(OCC)cc1. The summed E-state index contributed by atoms with van der Waals surface area (Å²) >= 11 is 1.46. The molecule has 5 heteroatoms. The van der Waals surface area contributed by atoms with Crippen molar-refractivity contribution in [3.8, 4) is 5.75 Å². The Morgan fingerprint density at radius 3 is 2.55 bits per heavy atom. The van der Waals surface area contributed by atoms with Gasteiger partial charge in [0.25, 0.3) is 5.91 Å². The summed E-state index contributed by atoms with van der Waals surface area (Å²) in [6, 6.07) is 18.0. The van der Waals surface area contributed by atoms with Gasteiger partial charge in [0.05, 0.1) is 17.0 Å². The molecule has 0 atom stereocenters. The van der Waals surface area contributed by atoms with Gasteiger partial charge in [-0.25, -0.2) is 4.98 Å². The van der Waals surface area contributed by atoms with Crippen LogP contribution in [0.3, 0.4) is 0 Å². The van der Waals surface area contributed by atoms with Crippen molar-refractivity contribution in [3.05, 3.63) is 65.0 Å². The first-order valence-corrected chi connectivity index (χ1v) is 10.8. The molecule has 2 heterocycles. The fraction of sp³-hybridized carbons (Fsp3) is 0.250. The van der Waals surface area contributed by atoms with E-state index in [0.29, 0.717) is 18.0 Å². The lowest BCUT2D eigenvalue weighted by molar-refractivity contribution is 0.0991. The molecule has 148 valence electrons. The minimum absolute atomic E-state index is 0.0132. The van der Waals surface area contributed by atoms with Gasteiger partial charge in [0.2, 0.25) is 0 Å². The Morgan fingerprint density at radius 2 is 1.83 bits per heavy atom. The second-order valence-corrected chi connectivity index (χ2v) is 8.10. The van der Waals surface area contributed by atoms with Gasteiger partial charge in [-0.1, -0.05) is 19.1 Å². The van der Waals surface area contributed by atoms with Gasteiger partial charge in [-0.2, -0.15) is 0 Å². The van der Waals surface area contributed by atoms with Crippen molar-refractivity contribution >= 4 is 44.1 Å². The average molecular weight is 405 g/mol. The lowest BCUT2D eigenvalue weighted by atomic mass is 10.1. The first-order chi connectivity index (χ1) is 14.1. The molecule has 0 radical (unpaired) electrons. The lowest BCUT2D eigenvalue weighted by Gasteiger charge is -2.22. The number of anilines is 1. The highest BCUT2D eigenvalue weighted by molar-refractivity contribution is 7.20. The van der Waals surface area contributed by atoms with Gasteiger partial charge >= 0.3 is 0 Å². The molecule has 2 aromatic heterocycles. The van der Waals surface area contributed by atoms with Gasteiger partial charge in [-0.05, 0) is 68.3 Å². The van der Waals surface area contributed by atoms with Crippen molar-refractivity contribution in [2.75, 3.05) is 18.1 Å². The Bertz CT molecular complexity index is 1160. The Hall–Kier alpha value is -2.92. The first-order valence-electron chi connectivity index (χ1n) is 9.94. The zero-order chi connectivity index (χ0) is 20.4. The first kappa shape index (κ1) is 19.4. The summed E-state index contributed by atoms with van der Waals surface area (Å²) in [6.07, 6.45) is 0.880. The minimum atomic E-state index is 0.0132. The maximum atomic E-state index is 13.3. The summed E-state index contributed by atoms with van der Waals surface area (Å²) < 4.78 is 5.52. The number of fused-ring (bicyclic) bond motifs is 2. The van der Waals surface area contributed by atoms with Gasteiger partial charge < -0.3 is 9.64 Å². The van der Waals surface area contributed by atoms with E-state index in [1.165, 1.54) is 16.9 Å². The summed E-state index contributed by atoms with van der Waals surface area (Å²) in [5.74, 6) is 0.826. The smallest absolute Gasteiger partial charge is 0.268 e. The highest BCUT2D eigenvalue weighted by Crippen LogP contribution is 2.30. The molecule has 0 N–H and O–H groups in total. The fourth-order valence-electron chi connectivity index (χ4n) is 3.43. The van der Waals surface area contributed by atoms with Crippen molar-refractivity contribution in [1.82, 2.24) is 4.98 Å². The third kappa shape index (κ3) is 3.96. The highest BCUT2D eigenvalue weighted by Gasteiger charge is 2.20. The Balaban J connectivity index is 1.69. The van der Waals surface area contributed by atoms with Crippen LogP contribution in [0.5, 0.6) is 5.75 Å². The summed E-state index contributed by atoms with van der Waals surface area (Å²) in [6.45, 7) is 7.39. The maximum absolute atomic E-state index is 13.3. The molecule has 0 saturated heterocycles.